The lowest BCUT2D eigenvalue weighted by Gasteiger charge is -2.23. The molecule has 1 unspecified atom stereocenters. The van der Waals surface area contributed by atoms with Gasteiger partial charge in [0.25, 0.3) is 0 Å². The second-order valence-electron chi connectivity index (χ2n) is 11.3. The molecule has 0 spiro atoms. The number of nitrogens with one attached hydrogen (secondary N) is 2. The van der Waals surface area contributed by atoms with Gasteiger partial charge >= 0.3 is 5.97 Å². The van der Waals surface area contributed by atoms with Gasteiger partial charge < -0.3 is 34.3 Å². The molecule has 0 saturated carbocycles. The summed E-state index contributed by atoms with van der Waals surface area (Å²) in [5.41, 5.74) is 3.62. The van der Waals surface area contributed by atoms with E-state index in [1.165, 1.54) is 6.08 Å². The number of hydrogen-bond acceptors (Lipinski definition) is 9. The minimum atomic E-state index is -0.541. The molecule has 0 bridgehead atoms. The molecular formula is C35H45N3O7S. The minimum Gasteiger partial charge on any atom is -0.496 e. The van der Waals surface area contributed by atoms with Crippen molar-refractivity contribution in [1.82, 2.24) is 10.6 Å². The van der Waals surface area contributed by atoms with Gasteiger partial charge in [0.2, 0.25) is 6.08 Å². The predicted octanol–water partition coefficient (Wildman–Crippen LogP) is 5.68. The first kappa shape index (κ1) is 37.7. The van der Waals surface area contributed by atoms with Gasteiger partial charge in [-0.05, 0) is 86.8 Å². The summed E-state index contributed by atoms with van der Waals surface area (Å²) in [6, 6.07) is 21.3. The molecule has 0 amide bonds. The van der Waals surface area contributed by atoms with Crippen LogP contribution in [0.1, 0.15) is 43.0 Å². The Balaban J connectivity index is 0.000000387. The number of methoxy groups -OCH3 is 3. The molecule has 0 radical (unpaired) electrons. The fraction of sp³-hybridized carbons (Fsp3) is 0.400. The molecule has 11 heteroatoms. The number of hydrogen-bond donors (Lipinski definition) is 2. The SMILES string of the molecule is COCOc1ccc(CN=C=O)cc1OC.COc1cc(CNC(=S)NC(COC(=O)C(C)(C)C)Cc2ccccc2)ccc1C. The van der Waals surface area contributed by atoms with Gasteiger partial charge in [-0.2, -0.15) is 0 Å². The Morgan fingerprint density at radius 2 is 1.59 bits per heavy atom. The van der Waals surface area contributed by atoms with E-state index in [1.807, 2.05) is 64.1 Å². The summed E-state index contributed by atoms with van der Waals surface area (Å²) >= 11 is 5.49. The molecule has 0 saturated heterocycles. The molecule has 248 valence electrons. The van der Waals surface area contributed by atoms with Crippen molar-refractivity contribution in [3.05, 3.63) is 89.0 Å². The standard InChI is InChI=1S/C24H32N2O3S.C11H13NO4/c1-17-11-12-19(14-21(17)28-5)15-25-23(30)26-20(13-18-9-7-6-8-10-18)16-29-22(27)24(2,3)4;1-14-8-16-10-4-3-9(6-12-7-13)5-11(10)15-2/h6-12,14,20H,13,15-16H2,1-5H3,(H2,25,26,30);3-5H,6,8H2,1-2H3. The Hall–Kier alpha value is -4.44. The van der Waals surface area contributed by atoms with Crippen molar-refractivity contribution in [2.75, 3.05) is 34.7 Å². The van der Waals surface area contributed by atoms with Crippen LogP contribution in [0.3, 0.4) is 0 Å². The Kier molecular flexibility index (Phi) is 16.3. The van der Waals surface area contributed by atoms with Gasteiger partial charge in [0.1, 0.15) is 12.4 Å². The van der Waals surface area contributed by atoms with Crippen molar-refractivity contribution in [1.29, 1.82) is 0 Å². The van der Waals surface area contributed by atoms with Crippen LogP contribution < -0.4 is 24.8 Å². The lowest BCUT2D eigenvalue weighted by Crippen LogP contribution is -2.45. The molecule has 3 rings (SSSR count). The van der Waals surface area contributed by atoms with Crippen molar-refractivity contribution in [2.24, 2.45) is 10.4 Å². The predicted molar refractivity (Wildman–Crippen MR) is 182 cm³/mol. The molecule has 0 heterocycles. The summed E-state index contributed by atoms with van der Waals surface area (Å²) in [7, 11) is 4.75. The van der Waals surface area contributed by atoms with Crippen LogP contribution in [0.2, 0.25) is 0 Å². The van der Waals surface area contributed by atoms with E-state index >= 15 is 0 Å². The number of aliphatic imine (C=N–C) groups is 1. The Bertz CT molecular complexity index is 1440. The highest BCUT2D eigenvalue weighted by molar-refractivity contribution is 7.80. The minimum absolute atomic E-state index is 0.133. The van der Waals surface area contributed by atoms with Gasteiger partial charge in [-0.15, -0.1) is 0 Å². The Morgan fingerprint density at radius 3 is 2.22 bits per heavy atom. The maximum Gasteiger partial charge on any atom is 0.311 e. The summed E-state index contributed by atoms with van der Waals surface area (Å²) in [5, 5.41) is 7.04. The summed E-state index contributed by atoms with van der Waals surface area (Å²) < 4.78 is 26.1. The highest BCUT2D eigenvalue weighted by Gasteiger charge is 2.24. The largest absolute Gasteiger partial charge is 0.496 e. The second kappa shape index (κ2) is 19.8. The quantitative estimate of drug-likeness (QED) is 0.0741. The zero-order valence-electron chi connectivity index (χ0n) is 27.7. The molecular weight excluding hydrogens is 606 g/mol. The van der Waals surface area contributed by atoms with E-state index in [1.54, 1.807) is 39.5 Å². The number of carbonyl (C=O) groups excluding carboxylic acids is 2. The highest BCUT2D eigenvalue weighted by atomic mass is 32.1. The molecule has 1 atom stereocenters. The molecule has 2 N–H and O–H groups in total. The molecule has 46 heavy (non-hydrogen) atoms. The number of isocyanates is 1. The lowest BCUT2D eigenvalue weighted by atomic mass is 9.97. The number of benzene rings is 3. The van der Waals surface area contributed by atoms with E-state index in [-0.39, 0.29) is 32.0 Å². The first-order chi connectivity index (χ1) is 22.0. The van der Waals surface area contributed by atoms with Crippen molar-refractivity contribution < 1.29 is 33.3 Å². The zero-order valence-corrected chi connectivity index (χ0v) is 28.5. The average molecular weight is 652 g/mol. The maximum atomic E-state index is 12.2. The van der Waals surface area contributed by atoms with E-state index in [4.69, 9.17) is 35.9 Å². The Morgan fingerprint density at radius 1 is 0.913 bits per heavy atom. The number of nitrogens with zero attached hydrogens (tertiary/aromatic N) is 1. The van der Waals surface area contributed by atoms with E-state index < -0.39 is 5.41 Å². The summed E-state index contributed by atoms with van der Waals surface area (Å²) in [6.45, 7) is 8.79. The number of ether oxygens (including phenoxy) is 5. The third-order valence-electron chi connectivity index (χ3n) is 6.50. The molecule has 3 aromatic carbocycles. The van der Waals surface area contributed by atoms with Gasteiger partial charge in [-0.3, -0.25) is 4.79 Å². The zero-order chi connectivity index (χ0) is 34.0. The van der Waals surface area contributed by atoms with Crippen LogP contribution in [-0.2, 0) is 38.6 Å². The molecule has 0 aliphatic rings. The molecule has 0 aliphatic heterocycles. The second-order valence-corrected chi connectivity index (χ2v) is 11.7. The van der Waals surface area contributed by atoms with Crippen LogP contribution in [0.25, 0.3) is 0 Å². The molecule has 0 fully saturated rings. The number of rotatable bonds is 14. The first-order valence-corrected chi connectivity index (χ1v) is 15.1. The summed E-state index contributed by atoms with van der Waals surface area (Å²) in [5.74, 6) is 1.79. The molecule has 3 aromatic rings. The normalized spacial score (nSPS) is 11.1. The molecule has 0 aromatic heterocycles. The maximum absolute atomic E-state index is 12.2. The van der Waals surface area contributed by atoms with E-state index in [0.717, 1.165) is 28.0 Å². The third kappa shape index (κ3) is 13.7. The van der Waals surface area contributed by atoms with Crippen molar-refractivity contribution in [3.63, 3.8) is 0 Å². The van der Waals surface area contributed by atoms with Crippen molar-refractivity contribution in [3.8, 4) is 17.2 Å². The van der Waals surface area contributed by atoms with Crippen LogP contribution >= 0.6 is 12.2 Å². The van der Waals surface area contributed by atoms with E-state index in [0.29, 0.717) is 29.6 Å². The van der Waals surface area contributed by atoms with Gasteiger partial charge in [-0.25, -0.2) is 9.79 Å². The fourth-order valence-corrected chi connectivity index (χ4v) is 4.25. The number of aryl methyl sites for hydroxylation is 1. The van der Waals surface area contributed by atoms with Crippen LogP contribution in [-0.4, -0.2) is 57.9 Å². The lowest BCUT2D eigenvalue weighted by molar-refractivity contribution is -0.153. The van der Waals surface area contributed by atoms with Gasteiger partial charge in [0, 0.05) is 13.7 Å². The summed E-state index contributed by atoms with van der Waals surface area (Å²) in [4.78, 5) is 25.7. The van der Waals surface area contributed by atoms with Crippen molar-refractivity contribution >= 4 is 29.4 Å². The fourth-order valence-electron chi connectivity index (χ4n) is 4.01. The van der Waals surface area contributed by atoms with Gasteiger partial charge in [0.05, 0.1) is 32.2 Å². The smallest absolute Gasteiger partial charge is 0.311 e. The third-order valence-corrected chi connectivity index (χ3v) is 6.76. The average Bonchev–Trinajstić information content (AvgIpc) is 3.05. The first-order valence-electron chi connectivity index (χ1n) is 14.7. The monoisotopic (exact) mass is 651 g/mol. The molecule has 10 nitrogen and oxygen atoms in total. The van der Waals surface area contributed by atoms with Gasteiger partial charge in [0.15, 0.2) is 23.4 Å². The Labute approximate surface area is 277 Å². The van der Waals surface area contributed by atoms with E-state index in [2.05, 4.69) is 27.8 Å². The van der Waals surface area contributed by atoms with Crippen LogP contribution in [0, 0.1) is 12.3 Å². The number of carbonyl (C=O) groups is 1. The topological polar surface area (TPSA) is 117 Å². The van der Waals surface area contributed by atoms with E-state index in [9.17, 15) is 9.59 Å². The van der Waals surface area contributed by atoms with Gasteiger partial charge in [-0.1, -0.05) is 48.5 Å². The summed E-state index contributed by atoms with van der Waals surface area (Å²) in [6.07, 6.45) is 2.18. The van der Waals surface area contributed by atoms with Crippen molar-refractivity contribution in [2.45, 2.75) is 53.2 Å². The van der Waals surface area contributed by atoms with Crippen LogP contribution in [0.4, 0.5) is 0 Å². The highest BCUT2D eigenvalue weighted by Crippen LogP contribution is 2.28. The molecule has 0 aliphatic carbocycles. The number of esters is 1. The van der Waals surface area contributed by atoms with Crippen LogP contribution in [0.5, 0.6) is 17.2 Å². The van der Waals surface area contributed by atoms with Crippen LogP contribution in [0.15, 0.2) is 71.7 Å². The number of thiocarbonyl (C=S) groups is 1.